The molecule has 0 aromatic carbocycles. The van der Waals surface area contributed by atoms with Crippen molar-refractivity contribution < 1.29 is 8.78 Å². The van der Waals surface area contributed by atoms with Crippen LogP contribution in [0.5, 0.6) is 0 Å². The average molecular weight is 329 g/mol. The molecule has 2 N–H and O–H groups in total. The number of alkyl halides is 2. The number of hydrogen-bond acceptors (Lipinski definition) is 2. The zero-order chi connectivity index (χ0) is 17.1. The molecule has 1 aromatic heterocycles. The first kappa shape index (κ1) is 19.4. The molecule has 23 heavy (non-hydrogen) atoms. The molecule has 0 aliphatic rings. The standard InChI is InChI=1S/C16H29F2N5/c1-4-7-8-13(5-2)11-21-16(19-6-3)22-12-14-20-9-10-23(14)15(17)18/h9-10,13,15H,4-8,11-12H2,1-3H3,(H2,19,21,22). The van der Waals surface area contributed by atoms with Gasteiger partial charge in [0.2, 0.25) is 0 Å². The summed E-state index contributed by atoms with van der Waals surface area (Å²) in [6.07, 6.45) is 7.36. The Morgan fingerprint density at radius 2 is 2.09 bits per heavy atom. The fraction of sp³-hybridized carbons (Fsp3) is 0.750. The molecule has 5 nitrogen and oxygen atoms in total. The van der Waals surface area contributed by atoms with E-state index < -0.39 is 6.55 Å². The van der Waals surface area contributed by atoms with Gasteiger partial charge in [-0.25, -0.2) is 9.98 Å². The minimum atomic E-state index is -2.59. The SMILES string of the molecule is CCCCC(CC)CNC(=NCc1nccn1C(F)F)NCC. The number of halogens is 2. The van der Waals surface area contributed by atoms with Crippen LogP contribution in [0.15, 0.2) is 17.4 Å². The number of unbranched alkanes of at least 4 members (excludes halogenated alkanes) is 1. The lowest BCUT2D eigenvalue weighted by atomic mass is 9.99. The summed E-state index contributed by atoms with van der Waals surface area (Å²) in [4.78, 5) is 8.31. The Kier molecular flexibility index (Phi) is 9.24. The summed E-state index contributed by atoms with van der Waals surface area (Å²) >= 11 is 0. The van der Waals surface area contributed by atoms with Crippen LogP contribution in [0.25, 0.3) is 0 Å². The molecule has 0 saturated heterocycles. The molecule has 1 unspecified atom stereocenters. The van der Waals surface area contributed by atoms with E-state index in [4.69, 9.17) is 0 Å². The second-order valence-corrected chi connectivity index (χ2v) is 5.52. The molecule has 0 aliphatic carbocycles. The minimum absolute atomic E-state index is 0.123. The van der Waals surface area contributed by atoms with Gasteiger partial charge in [-0.15, -0.1) is 0 Å². The third-order valence-corrected chi connectivity index (χ3v) is 3.78. The van der Waals surface area contributed by atoms with Crippen LogP contribution < -0.4 is 10.6 Å². The van der Waals surface area contributed by atoms with Crippen molar-refractivity contribution in [3.8, 4) is 0 Å². The van der Waals surface area contributed by atoms with Gasteiger partial charge in [-0.1, -0.05) is 33.1 Å². The summed E-state index contributed by atoms with van der Waals surface area (Å²) in [6, 6.07) is 0. The zero-order valence-electron chi connectivity index (χ0n) is 14.4. The number of nitrogens with one attached hydrogen (secondary N) is 2. The summed E-state index contributed by atoms with van der Waals surface area (Å²) in [5, 5.41) is 6.45. The van der Waals surface area contributed by atoms with Gasteiger partial charge in [0.15, 0.2) is 5.96 Å². The van der Waals surface area contributed by atoms with Crippen molar-refractivity contribution in [1.29, 1.82) is 0 Å². The molecule has 0 bridgehead atoms. The Balaban J connectivity index is 2.60. The van der Waals surface area contributed by atoms with Crippen LogP contribution in [0.3, 0.4) is 0 Å². The zero-order valence-corrected chi connectivity index (χ0v) is 14.4. The maximum absolute atomic E-state index is 12.8. The highest BCUT2D eigenvalue weighted by Crippen LogP contribution is 2.13. The molecule has 0 fully saturated rings. The van der Waals surface area contributed by atoms with Crippen LogP contribution in [-0.2, 0) is 6.54 Å². The third kappa shape index (κ3) is 6.97. The Bertz CT molecular complexity index is 459. The predicted molar refractivity (Wildman–Crippen MR) is 89.6 cm³/mol. The van der Waals surface area contributed by atoms with Gasteiger partial charge in [-0.2, -0.15) is 8.78 Å². The molecule has 0 radical (unpaired) electrons. The number of aromatic nitrogens is 2. The van der Waals surface area contributed by atoms with Crippen molar-refractivity contribution in [2.45, 2.75) is 59.5 Å². The highest BCUT2D eigenvalue weighted by Gasteiger charge is 2.11. The fourth-order valence-electron chi connectivity index (χ4n) is 2.32. The second-order valence-electron chi connectivity index (χ2n) is 5.52. The van der Waals surface area contributed by atoms with E-state index in [0.717, 1.165) is 24.1 Å². The highest BCUT2D eigenvalue weighted by molar-refractivity contribution is 5.79. The van der Waals surface area contributed by atoms with Crippen molar-refractivity contribution in [3.05, 3.63) is 18.2 Å². The Morgan fingerprint density at radius 3 is 2.70 bits per heavy atom. The molecule has 7 heteroatoms. The average Bonchev–Trinajstić information content (AvgIpc) is 3.01. The summed E-state index contributed by atoms with van der Waals surface area (Å²) in [7, 11) is 0. The normalized spacial score (nSPS) is 13.4. The summed E-state index contributed by atoms with van der Waals surface area (Å²) < 4.78 is 26.4. The minimum Gasteiger partial charge on any atom is -0.357 e. The van der Waals surface area contributed by atoms with Crippen molar-refractivity contribution in [2.75, 3.05) is 13.1 Å². The second kappa shape index (κ2) is 11.0. The topological polar surface area (TPSA) is 54.2 Å². The molecule has 1 heterocycles. The Hall–Kier alpha value is -1.66. The summed E-state index contributed by atoms with van der Waals surface area (Å²) in [6.45, 7) is 5.45. The van der Waals surface area contributed by atoms with E-state index in [1.54, 1.807) is 0 Å². The van der Waals surface area contributed by atoms with Gasteiger partial charge >= 0.3 is 6.55 Å². The summed E-state index contributed by atoms with van der Waals surface area (Å²) in [5.41, 5.74) is 0. The maximum atomic E-state index is 12.8. The smallest absolute Gasteiger partial charge is 0.319 e. The number of hydrogen-bond donors (Lipinski definition) is 2. The first-order valence-corrected chi connectivity index (χ1v) is 8.44. The molecular weight excluding hydrogens is 300 g/mol. The lowest BCUT2D eigenvalue weighted by Crippen LogP contribution is -2.39. The number of guanidine groups is 1. The first-order chi connectivity index (χ1) is 11.1. The van der Waals surface area contributed by atoms with Gasteiger partial charge in [0, 0.05) is 25.5 Å². The van der Waals surface area contributed by atoms with Crippen LogP contribution in [0.4, 0.5) is 8.78 Å². The molecule has 1 aromatic rings. The highest BCUT2D eigenvalue weighted by atomic mass is 19.3. The van der Waals surface area contributed by atoms with E-state index in [2.05, 4.69) is 34.5 Å². The van der Waals surface area contributed by atoms with Crippen molar-refractivity contribution in [3.63, 3.8) is 0 Å². The summed E-state index contributed by atoms with van der Waals surface area (Å²) in [5.74, 6) is 1.50. The third-order valence-electron chi connectivity index (χ3n) is 3.78. The predicted octanol–water partition coefficient (Wildman–Crippen LogP) is 3.55. The van der Waals surface area contributed by atoms with Crippen LogP contribution in [-0.4, -0.2) is 28.6 Å². The fourth-order valence-corrected chi connectivity index (χ4v) is 2.32. The molecule has 132 valence electrons. The molecule has 1 atom stereocenters. The van der Waals surface area contributed by atoms with E-state index in [0.29, 0.717) is 11.9 Å². The molecule has 0 spiro atoms. The van der Waals surface area contributed by atoms with Crippen molar-refractivity contribution in [1.82, 2.24) is 20.2 Å². The van der Waals surface area contributed by atoms with Crippen LogP contribution in [0.1, 0.15) is 58.8 Å². The van der Waals surface area contributed by atoms with E-state index in [-0.39, 0.29) is 12.4 Å². The lowest BCUT2D eigenvalue weighted by Gasteiger charge is -2.18. The van der Waals surface area contributed by atoms with Gasteiger partial charge in [-0.3, -0.25) is 4.57 Å². The van der Waals surface area contributed by atoms with Gasteiger partial charge in [0.25, 0.3) is 0 Å². The molecule has 0 amide bonds. The number of rotatable bonds is 10. The van der Waals surface area contributed by atoms with Crippen LogP contribution in [0.2, 0.25) is 0 Å². The van der Waals surface area contributed by atoms with Gasteiger partial charge in [-0.05, 0) is 19.3 Å². The Morgan fingerprint density at radius 1 is 1.30 bits per heavy atom. The lowest BCUT2D eigenvalue weighted by molar-refractivity contribution is 0.0671. The number of nitrogens with zero attached hydrogens (tertiary/aromatic N) is 3. The monoisotopic (exact) mass is 329 g/mol. The first-order valence-electron chi connectivity index (χ1n) is 8.44. The van der Waals surface area contributed by atoms with Crippen molar-refractivity contribution in [2.24, 2.45) is 10.9 Å². The maximum Gasteiger partial charge on any atom is 0.319 e. The number of imidazole rings is 1. The van der Waals surface area contributed by atoms with E-state index in [9.17, 15) is 8.78 Å². The quantitative estimate of drug-likeness (QED) is 0.510. The molecule has 0 saturated carbocycles. The molecule has 0 aliphatic heterocycles. The largest absolute Gasteiger partial charge is 0.357 e. The number of aliphatic imine (C=N–C) groups is 1. The van der Waals surface area contributed by atoms with Gasteiger partial charge < -0.3 is 10.6 Å². The van der Waals surface area contributed by atoms with Gasteiger partial charge in [0.1, 0.15) is 12.4 Å². The van der Waals surface area contributed by atoms with Crippen LogP contribution >= 0.6 is 0 Å². The molecular formula is C16H29F2N5. The van der Waals surface area contributed by atoms with E-state index in [1.807, 2.05) is 6.92 Å². The van der Waals surface area contributed by atoms with Gasteiger partial charge in [0.05, 0.1) is 0 Å². The van der Waals surface area contributed by atoms with E-state index in [1.165, 1.54) is 31.7 Å². The Labute approximate surface area is 137 Å². The molecule has 1 rings (SSSR count). The van der Waals surface area contributed by atoms with E-state index >= 15 is 0 Å². The van der Waals surface area contributed by atoms with Crippen LogP contribution in [0, 0.1) is 5.92 Å². The van der Waals surface area contributed by atoms with Crippen molar-refractivity contribution >= 4 is 5.96 Å².